The van der Waals surface area contributed by atoms with E-state index in [1.54, 1.807) is 0 Å². The molecule has 6 heteroatoms. The zero-order chi connectivity index (χ0) is 15.4. The summed E-state index contributed by atoms with van der Waals surface area (Å²) in [5, 5.41) is 0. The molecule has 0 atom stereocenters. The quantitative estimate of drug-likeness (QED) is 0.233. The van der Waals surface area contributed by atoms with Crippen molar-refractivity contribution in [1.29, 1.82) is 0 Å². The number of hydrogen-bond donors (Lipinski definition) is 2. The van der Waals surface area contributed by atoms with Crippen molar-refractivity contribution < 1.29 is 19.1 Å². The predicted octanol–water partition coefficient (Wildman–Crippen LogP) is 1.61. The van der Waals surface area contributed by atoms with E-state index < -0.39 is 17.8 Å². The third-order valence-electron chi connectivity index (χ3n) is 2.59. The van der Waals surface area contributed by atoms with E-state index in [1.807, 2.05) is 10.9 Å². The highest BCUT2D eigenvalue weighted by Gasteiger charge is 2.15. The molecule has 0 saturated heterocycles. The fourth-order valence-electron chi connectivity index (χ4n) is 1.38. The van der Waals surface area contributed by atoms with Gasteiger partial charge < -0.3 is 4.74 Å². The van der Waals surface area contributed by atoms with Gasteiger partial charge in [-0.3, -0.25) is 20.4 Å². The molecule has 0 fully saturated rings. The normalized spacial score (nSPS) is 9.70. The van der Waals surface area contributed by atoms with E-state index in [4.69, 9.17) is 4.74 Å². The molecule has 0 aliphatic rings. The van der Waals surface area contributed by atoms with Gasteiger partial charge in [0.15, 0.2) is 0 Å². The van der Waals surface area contributed by atoms with Crippen LogP contribution in [0.15, 0.2) is 12.2 Å². The summed E-state index contributed by atoms with van der Waals surface area (Å²) >= 11 is 0. The Kier molecular flexibility index (Phi) is 10.00. The summed E-state index contributed by atoms with van der Waals surface area (Å²) in [5.41, 5.74) is 4.23. The molecule has 2 amide bonds. The fraction of sp³-hybridized carbons (Fsp3) is 0.643. The van der Waals surface area contributed by atoms with E-state index >= 15 is 0 Å². The molecule has 0 bridgehead atoms. The Bertz CT molecular complexity index is 353. The first-order valence-electron chi connectivity index (χ1n) is 6.92. The molecule has 0 aromatic carbocycles. The van der Waals surface area contributed by atoms with Crippen LogP contribution in [-0.2, 0) is 19.1 Å². The minimum atomic E-state index is -0.999. The number of nitrogens with one attached hydrogen (secondary N) is 2. The van der Waals surface area contributed by atoms with Crippen LogP contribution in [0.3, 0.4) is 0 Å². The van der Waals surface area contributed by atoms with Crippen molar-refractivity contribution in [2.45, 2.75) is 52.4 Å². The number of hydrogen-bond acceptors (Lipinski definition) is 4. The Labute approximate surface area is 119 Å². The van der Waals surface area contributed by atoms with Gasteiger partial charge in [-0.05, 0) is 13.3 Å². The molecule has 0 heterocycles. The highest BCUT2D eigenvalue weighted by Crippen LogP contribution is 2.04. The van der Waals surface area contributed by atoms with Gasteiger partial charge in [0.1, 0.15) is 0 Å². The standard InChI is InChI=1S/C14H24N2O4/c1-4-5-6-7-8-9-10-20-14(19)13(18)16-15-12(17)11(2)3/h2,4-10H2,1,3H3,(H,15,17)(H,16,18). The van der Waals surface area contributed by atoms with Gasteiger partial charge in [0.2, 0.25) is 0 Å². The Morgan fingerprint density at radius 1 is 0.950 bits per heavy atom. The van der Waals surface area contributed by atoms with E-state index in [9.17, 15) is 14.4 Å². The minimum Gasteiger partial charge on any atom is -0.459 e. The lowest BCUT2D eigenvalue weighted by atomic mass is 10.1. The van der Waals surface area contributed by atoms with Crippen molar-refractivity contribution in [3.05, 3.63) is 12.2 Å². The maximum atomic E-state index is 11.3. The molecule has 20 heavy (non-hydrogen) atoms. The first-order valence-corrected chi connectivity index (χ1v) is 6.92. The van der Waals surface area contributed by atoms with Crippen molar-refractivity contribution in [3.8, 4) is 0 Å². The van der Waals surface area contributed by atoms with Crippen molar-refractivity contribution in [2.24, 2.45) is 0 Å². The lowest BCUT2D eigenvalue weighted by molar-refractivity contribution is -0.155. The van der Waals surface area contributed by atoms with Crippen molar-refractivity contribution in [2.75, 3.05) is 6.61 Å². The lowest BCUT2D eigenvalue weighted by Crippen LogP contribution is -2.45. The summed E-state index contributed by atoms with van der Waals surface area (Å²) in [6.45, 7) is 7.24. The van der Waals surface area contributed by atoms with Crippen molar-refractivity contribution in [3.63, 3.8) is 0 Å². The number of unbranched alkanes of at least 4 members (excludes halogenated alkanes) is 5. The largest absolute Gasteiger partial charge is 0.459 e. The van der Waals surface area contributed by atoms with Crippen LogP contribution >= 0.6 is 0 Å². The molecule has 0 aromatic heterocycles. The molecule has 0 rings (SSSR count). The SMILES string of the molecule is C=C(C)C(=O)NNC(=O)C(=O)OCCCCCCCC. The number of ether oxygens (including phenoxy) is 1. The topological polar surface area (TPSA) is 84.5 Å². The number of carbonyl (C=O) groups is 3. The van der Waals surface area contributed by atoms with Crippen LogP contribution in [0.4, 0.5) is 0 Å². The average Bonchev–Trinajstić information content (AvgIpc) is 2.42. The van der Waals surface area contributed by atoms with Crippen LogP contribution in [0.25, 0.3) is 0 Å². The average molecular weight is 284 g/mol. The second-order valence-corrected chi connectivity index (χ2v) is 4.59. The Hall–Kier alpha value is -1.85. The highest BCUT2D eigenvalue weighted by atomic mass is 16.5. The molecular formula is C14H24N2O4. The summed E-state index contributed by atoms with van der Waals surface area (Å²) in [4.78, 5) is 33.6. The molecule has 0 aromatic rings. The van der Waals surface area contributed by atoms with Gasteiger partial charge in [-0.15, -0.1) is 0 Å². The van der Waals surface area contributed by atoms with E-state index in [0.717, 1.165) is 19.3 Å². The van der Waals surface area contributed by atoms with Crippen LogP contribution in [0.5, 0.6) is 0 Å². The molecular weight excluding hydrogens is 260 g/mol. The molecule has 0 aliphatic heterocycles. The Morgan fingerprint density at radius 2 is 1.50 bits per heavy atom. The van der Waals surface area contributed by atoms with Crippen LogP contribution in [0.2, 0.25) is 0 Å². The second kappa shape index (κ2) is 11.0. The highest BCUT2D eigenvalue weighted by molar-refractivity contribution is 6.32. The first kappa shape index (κ1) is 18.1. The maximum absolute atomic E-state index is 11.3. The number of amides is 2. The molecule has 6 nitrogen and oxygen atoms in total. The first-order chi connectivity index (χ1) is 9.49. The number of hydrazine groups is 1. The number of esters is 1. The lowest BCUT2D eigenvalue weighted by Gasteiger charge is -2.07. The molecule has 0 unspecified atom stereocenters. The van der Waals surface area contributed by atoms with Crippen LogP contribution in [0.1, 0.15) is 52.4 Å². The van der Waals surface area contributed by atoms with E-state index in [-0.39, 0.29) is 12.2 Å². The van der Waals surface area contributed by atoms with Gasteiger partial charge >= 0.3 is 11.9 Å². The van der Waals surface area contributed by atoms with Gasteiger partial charge in [0.05, 0.1) is 6.61 Å². The molecule has 114 valence electrons. The summed E-state index contributed by atoms with van der Waals surface area (Å²) in [6, 6.07) is 0. The monoisotopic (exact) mass is 284 g/mol. The smallest absolute Gasteiger partial charge is 0.398 e. The zero-order valence-electron chi connectivity index (χ0n) is 12.3. The van der Waals surface area contributed by atoms with E-state index in [1.165, 1.54) is 26.2 Å². The van der Waals surface area contributed by atoms with Crippen LogP contribution in [-0.4, -0.2) is 24.4 Å². The predicted molar refractivity (Wildman–Crippen MR) is 75.4 cm³/mol. The fourth-order valence-corrected chi connectivity index (χ4v) is 1.38. The van der Waals surface area contributed by atoms with Gasteiger partial charge in [-0.2, -0.15) is 0 Å². The maximum Gasteiger partial charge on any atom is 0.398 e. The molecule has 0 radical (unpaired) electrons. The third-order valence-corrected chi connectivity index (χ3v) is 2.59. The molecule has 0 aliphatic carbocycles. The van der Waals surface area contributed by atoms with Crippen molar-refractivity contribution >= 4 is 17.8 Å². The van der Waals surface area contributed by atoms with E-state index in [2.05, 4.69) is 13.5 Å². The molecule has 0 spiro atoms. The van der Waals surface area contributed by atoms with E-state index in [0.29, 0.717) is 0 Å². The Balaban J connectivity index is 3.63. The number of rotatable bonds is 8. The second-order valence-electron chi connectivity index (χ2n) is 4.59. The summed E-state index contributed by atoms with van der Waals surface area (Å²) in [5.74, 6) is -2.55. The van der Waals surface area contributed by atoms with Crippen LogP contribution in [0, 0.1) is 0 Å². The summed E-state index contributed by atoms with van der Waals surface area (Å²) in [7, 11) is 0. The Morgan fingerprint density at radius 3 is 2.10 bits per heavy atom. The van der Waals surface area contributed by atoms with Gasteiger partial charge in [0.25, 0.3) is 5.91 Å². The third kappa shape index (κ3) is 9.13. The molecule has 2 N–H and O–H groups in total. The minimum absolute atomic E-state index is 0.215. The van der Waals surface area contributed by atoms with Crippen LogP contribution < -0.4 is 10.9 Å². The number of carbonyl (C=O) groups excluding carboxylic acids is 3. The summed E-state index contributed by atoms with van der Waals surface area (Å²) in [6.07, 6.45) is 6.39. The van der Waals surface area contributed by atoms with Crippen molar-refractivity contribution in [1.82, 2.24) is 10.9 Å². The van der Waals surface area contributed by atoms with Gasteiger partial charge in [-0.25, -0.2) is 4.79 Å². The summed E-state index contributed by atoms with van der Waals surface area (Å²) < 4.78 is 4.78. The van der Waals surface area contributed by atoms with Gasteiger partial charge in [0, 0.05) is 5.57 Å². The van der Waals surface area contributed by atoms with Gasteiger partial charge in [-0.1, -0.05) is 45.6 Å². The molecule has 0 saturated carbocycles. The zero-order valence-corrected chi connectivity index (χ0v) is 12.3.